The molecule has 0 aromatic heterocycles. The molecule has 2 aromatic carbocycles. The molecule has 0 aliphatic heterocycles. The molecule has 21 heavy (non-hydrogen) atoms. The molecule has 1 unspecified atom stereocenters. The lowest BCUT2D eigenvalue weighted by atomic mass is 10.0. The molecule has 0 bridgehead atoms. The van der Waals surface area contributed by atoms with E-state index in [1.54, 1.807) is 4.90 Å². The van der Waals surface area contributed by atoms with Crippen molar-refractivity contribution in [3.63, 3.8) is 0 Å². The Morgan fingerprint density at radius 3 is 2.29 bits per heavy atom. The third-order valence-electron chi connectivity index (χ3n) is 3.88. The van der Waals surface area contributed by atoms with E-state index in [0.717, 1.165) is 15.6 Å². The van der Waals surface area contributed by atoms with E-state index in [-0.39, 0.29) is 11.9 Å². The molecule has 0 saturated heterocycles. The Balaban J connectivity index is 2.21. The van der Waals surface area contributed by atoms with Gasteiger partial charge in [0.1, 0.15) is 0 Å². The number of amides is 1. The zero-order valence-corrected chi connectivity index (χ0v) is 14.4. The molecule has 3 heteroatoms. The number of hydrogen-bond donors (Lipinski definition) is 0. The highest BCUT2D eigenvalue weighted by Crippen LogP contribution is 2.23. The van der Waals surface area contributed by atoms with Gasteiger partial charge in [-0.3, -0.25) is 4.79 Å². The summed E-state index contributed by atoms with van der Waals surface area (Å²) < 4.78 is 0.963. The third kappa shape index (κ3) is 3.53. The number of carbonyl (C=O) groups is 1. The molecule has 0 saturated carbocycles. The summed E-state index contributed by atoms with van der Waals surface area (Å²) in [4.78, 5) is 14.4. The molecule has 1 amide bonds. The minimum atomic E-state index is 0.0313. The van der Waals surface area contributed by atoms with Crippen LogP contribution >= 0.6 is 15.9 Å². The molecule has 0 aliphatic rings. The quantitative estimate of drug-likeness (QED) is 0.774. The number of nitrogens with zero attached hydrogens (tertiary/aromatic N) is 1. The van der Waals surface area contributed by atoms with Gasteiger partial charge in [0.2, 0.25) is 0 Å². The Morgan fingerprint density at radius 2 is 1.71 bits per heavy atom. The van der Waals surface area contributed by atoms with Crippen molar-refractivity contribution in [2.45, 2.75) is 26.8 Å². The average Bonchev–Trinajstić information content (AvgIpc) is 2.48. The Kier molecular flexibility index (Phi) is 4.84. The summed E-state index contributed by atoms with van der Waals surface area (Å²) in [5.41, 5.74) is 4.19. The van der Waals surface area contributed by atoms with Gasteiger partial charge in [0.05, 0.1) is 6.04 Å². The summed E-state index contributed by atoms with van der Waals surface area (Å²) in [6, 6.07) is 14.1. The maximum Gasteiger partial charge on any atom is 0.254 e. The normalized spacial score (nSPS) is 12.0. The Morgan fingerprint density at radius 1 is 1.10 bits per heavy atom. The lowest BCUT2D eigenvalue weighted by molar-refractivity contribution is 0.0742. The molecular formula is C18H20BrNO. The van der Waals surface area contributed by atoms with E-state index in [0.29, 0.717) is 5.56 Å². The van der Waals surface area contributed by atoms with Gasteiger partial charge in [-0.15, -0.1) is 0 Å². The first-order valence-electron chi connectivity index (χ1n) is 7.00. The first kappa shape index (κ1) is 15.8. The van der Waals surface area contributed by atoms with Gasteiger partial charge in [-0.1, -0.05) is 51.8 Å². The highest BCUT2D eigenvalue weighted by atomic mass is 79.9. The van der Waals surface area contributed by atoms with E-state index in [2.05, 4.69) is 47.1 Å². The average molecular weight is 346 g/mol. The standard InChI is InChI=1S/C18H20BrNO/c1-12-5-8-15(9-6-12)14(3)20(4)18(21)16-10-7-13(2)17(19)11-16/h5-11,14H,1-4H3. The summed E-state index contributed by atoms with van der Waals surface area (Å²) >= 11 is 3.48. The van der Waals surface area contributed by atoms with Crippen LogP contribution in [-0.2, 0) is 0 Å². The second-order valence-electron chi connectivity index (χ2n) is 5.47. The van der Waals surface area contributed by atoms with Gasteiger partial charge in [0.25, 0.3) is 5.91 Å². The van der Waals surface area contributed by atoms with Crippen LogP contribution in [0.4, 0.5) is 0 Å². The molecule has 0 N–H and O–H groups in total. The van der Waals surface area contributed by atoms with Crippen LogP contribution in [0.3, 0.4) is 0 Å². The molecule has 0 spiro atoms. The van der Waals surface area contributed by atoms with Crippen molar-refractivity contribution in [1.29, 1.82) is 0 Å². The molecule has 0 fully saturated rings. The van der Waals surface area contributed by atoms with Crippen LogP contribution in [0.1, 0.15) is 40.0 Å². The summed E-state index contributed by atoms with van der Waals surface area (Å²) in [5, 5.41) is 0. The maximum absolute atomic E-state index is 12.6. The zero-order chi connectivity index (χ0) is 15.6. The van der Waals surface area contributed by atoms with Crippen molar-refractivity contribution in [3.05, 3.63) is 69.2 Å². The largest absolute Gasteiger partial charge is 0.335 e. The van der Waals surface area contributed by atoms with Gasteiger partial charge in [-0.2, -0.15) is 0 Å². The predicted octanol–water partition coefficient (Wildman–Crippen LogP) is 4.90. The van der Waals surface area contributed by atoms with Crippen LogP contribution in [0, 0.1) is 13.8 Å². The van der Waals surface area contributed by atoms with Gasteiger partial charge in [0.15, 0.2) is 0 Å². The summed E-state index contributed by atoms with van der Waals surface area (Å²) in [6.07, 6.45) is 0. The molecule has 0 heterocycles. The highest BCUT2D eigenvalue weighted by Gasteiger charge is 2.19. The summed E-state index contributed by atoms with van der Waals surface area (Å²) in [5.74, 6) is 0.0313. The minimum absolute atomic E-state index is 0.0313. The Hall–Kier alpha value is -1.61. The smallest absolute Gasteiger partial charge is 0.254 e. The number of benzene rings is 2. The van der Waals surface area contributed by atoms with E-state index in [9.17, 15) is 4.79 Å². The number of hydrogen-bond acceptors (Lipinski definition) is 1. The van der Waals surface area contributed by atoms with Crippen molar-refractivity contribution in [2.75, 3.05) is 7.05 Å². The molecule has 1 atom stereocenters. The highest BCUT2D eigenvalue weighted by molar-refractivity contribution is 9.10. The fourth-order valence-corrected chi connectivity index (χ4v) is 2.55. The number of halogens is 1. The summed E-state index contributed by atoms with van der Waals surface area (Å²) in [7, 11) is 1.85. The predicted molar refractivity (Wildman–Crippen MR) is 90.6 cm³/mol. The van der Waals surface area contributed by atoms with Crippen LogP contribution < -0.4 is 0 Å². The topological polar surface area (TPSA) is 20.3 Å². The van der Waals surface area contributed by atoms with Crippen LogP contribution in [0.5, 0.6) is 0 Å². The Labute approximate surface area is 134 Å². The lowest BCUT2D eigenvalue weighted by Gasteiger charge is -2.25. The summed E-state index contributed by atoms with van der Waals surface area (Å²) in [6.45, 7) is 6.12. The van der Waals surface area contributed by atoms with Crippen molar-refractivity contribution in [1.82, 2.24) is 4.90 Å². The monoisotopic (exact) mass is 345 g/mol. The lowest BCUT2D eigenvalue weighted by Crippen LogP contribution is -2.29. The van der Waals surface area contributed by atoms with Crippen LogP contribution in [0.2, 0.25) is 0 Å². The van der Waals surface area contributed by atoms with Gasteiger partial charge >= 0.3 is 0 Å². The SMILES string of the molecule is Cc1ccc(C(C)N(C)C(=O)c2ccc(C)c(Br)c2)cc1. The van der Waals surface area contributed by atoms with Crippen LogP contribution in [-0.4, -0.2) is 17.9 Å². The second-order valence-corrected chi connectivity index (χ2v) is 6.32. The van der Waals surface area contributed by atoms with Gasteiger partial charge in [-0.05, 0) is 44.0 Å². The van der Waals surface area contributed by atoms with Crippen LogP contribution in [0.25, 0.3) is 0 Å². The number of rotatable bonds is 3. The number of aryl methyl sites for hydroxylation is 2. The van der Waals surface area contributed by atoms with Crippen molar-refractivity contribution >= 4 is 21.8 Å². The van der Waals surface area contributed by atoms with E-state index in [1.807, 2.05) is 39.1 Å². The minimum Gasteiger partial charge on any atom is -0.335 e. The van der Waals surface area contributed by atoms with Crippen molar-refractivity contribution in [3.8, 4) is 0 Å². The van der Waals surface area contributed by atoms with Crippen LogP contribution in [0.15, 0.2) is 46.9 Å². The van der Waals surface area contributed by atoms with Gasteiger partial charge in [0, 0.05) is 17.1 Å². The van der Waals surface area contributed by atoms with Gasteiger partial charge in [-0.25, -0.2) is 0 Å². The fourth-order valence-electron chi connectivity index (χ4n) is 2.17. The second kappa shape index (κ2) is 6.44. The third-order valence-corrected chi connectivity index (χ3v) is 4.73. The maximum atomic E-state index is 12.6. The van der Waals surface area contributed by atoms with Crippen molar-refractivity contribution in [2.24, 2.45) is 0 Å². The van der Waals surface area contributed by atoms with Crippen molar-refractivity contribution < 1.29 is 4.79 Å². The first-order valence-corrected chi connectivity index (χ1v) is 7.79. The first-order chi connectivity index (χ1) is 9.90. The van der Waals surface area contributed by atoms with Gasteiger partial charge < -0.3 is 4.90 Å². The Bertz CT molecular complexity index is 649. The van der Waals surface area contributed by atoms with E-state index < -0.39 is 0 Å². The molecule has 2 nitrogen and oxygen atoms in total. The van der Waals surface area contributed by atoms with E-state index >= 15 is 0 Å². The molecule has 2 rings (SSSR count). The molecule has 2 aromatic rings. The van der Waals surface area contributed by atoms with E-state index in [4.69, 9.17) is 0 Å². The molecular weight excluding hydrogens is 326 g/mol. The molecule has 110 valence electrons. The fraction of sp³-hybridized carbons (Fsp3) is 0.278. The zero-order valence-electron chi connectivity index (χ0n) is 12.9. The number of carbonyl (C=O) groups excluding carboxylic acids is 1. The molecule has 0 radical (unpaired) electrons. The molecule has 0 aliphatic carbocycles. The van der Waals surface area contributed by atoms with E-state index in [1.165, 1.54) is 5.56 Å².